The molecule has 0 amide bonds. The molecule has 3 nitrogen and oxygen atoms in total. The first-order valence-electron chi connectivity index (χ1n) is 7.70. The van der Waals surface area contributed by atoms with E-state index in [1.54, 1.807) is 0 Å². The number of rotatable bonds is 6. The third-order valence-electron chi connectivity index (χ3n) is 5.24. The molecule has 0 radical (unpaired) electrons. The first-order valence-corrected chi connectivity index (χ1v) is 7.70. The van der Waals surface area contributed by atoms with Gasteiger partial charge in [-0.2, -0.15) is 0 Å². The quantitative estimate of drug-likeness (QED) is 0.610. The minimum Gasteiger partial charge on any atom is -0.271 e. The molecule has 2 saturated carbocycles. The largest absolute Gasteiger partial charge is 0.271 e. The highest BCUT2D eigenvalue weighted by molar-refractivity contribution is 5.09. The van der Waals surface area contributed by atoms with E-state index in [1.807, 2.05) is 12.4 Å². The summed E-state index contributed by atoms with van der Waals surface area (Å²) < 4.78 is 0. The van der Waals surface area contributed by atoms with Crippen LogP contribution >= 0.6 is 0 Å². The Morgan fingerprint density at radius 1 is 1.26 bits per heavy atom. The molecule has 1 aromatic heterocycles. The van der Waals surface area contributed by atoms with Crippen LogP contribution in [-0.4, -0.2) is 11.0 Å². The van der Waals surface area contributed by atoms with Crippen LogP contribution in [0.25, 0.3) is 0 Å². The van der Waals surface area contributed by atoms with Crippen molar-refractivity contribution in [2.45, 2.75) is 51.0 Å². The maximum absolute atomic E-state index is 5.75. The van der Waals surface area contributed by atoms with Gasteiger partial charge < -0.3 is 0 Å². The van der Waals surface area contributed by atoms with Gasteiger partial charge in [0.2, 0.25) is 0 Å². The molecule has 1 aromatic rings. The molecule has 1 heterocycles. The Bertz CT molecular complexity index is 392. The van der Waals surface area contributed by atoms with Gasteiger partial charge in [0.25, 0.3) is 0 Å². The van der Waals surface area contributed by atoms with E-state index in [0.717, 1.165) is 30.6 Å². The summed E-state index contributed by atoms with van der Waals surface area (Å²) in [5.74, 6) is 8.72. The third kappa shape index (κ3) is 3.15. The predicted octanol–water partition coefficient (Wildman–Crippen LogP) is 2.67. The van der Waals surface area contributed by atoms with Crippen LogP contribution in [0, 0.1) is 17.8 Å². The number of nitrogens with one attached hydrogen (secondary N) is 1. The molecular weight excluding hydrogens is 234 g/mol. The Kier molecular flexibility index (Phi) is 4.14. The van der Waals surface area contributed by atoms with Crippen LogP contribution in [0.2, 0.25) is 0 Å². The standard InChI is InChI=1S/C16H25N3/c17-19-16(4-2-12-5-7-18-8-6-12)11-15-10-13-1-3-14(15)9-13/h5-8,13-16,19H,1-4,9-11,17H2. The summed E-state index contributed by atoms with van der Waals surface area (Å²) in [7, 11) is 0. The Morgan fingerprint density at radius 3 is 2.74 bits per heavy atom. The van der Waals surface area contributed by atoms with Gasteiger partial charge in [-0.3, -0.25) is 16.3 Å². The van der Waals surface area contributed by atoms with Crippen LogP contribution in [0.3, 0.4) is 0 Å². The van der Waals surface area contributed by atoms with E-state index in [-0.39, 0.29) is 0 Å². The van der Waals surface area contributed by atoms with Crippen molar-refractivity contribution in [3.8, 4) is 0 Å². The number of pyridine rings is 1. The van der Waals surface area contributed by atoms with Crippen LogP contribution in [0.1, 0.15) is 44.1 Å². The van der Waals surface area contributed by atoms with Crippen molar-refractivity contribution < 1.29 is 0 Å². The van der Waals surface area contributed by atoms with Crippen molar-refractivity contribution in [1.82, 2.24) is 10.4 Å². The average molecular weight is 259 g/mol. The summed E-state index contributed by atoms with van der Waals surface area (Å²) in [5, 5.41) is 0. The third-order valence-corrected chi connectivity index (χ3v) is 5.24. The van der Waals surface area contributed by atoms with Crippen molar-refractivity contribution in [3.63, 3.8) is 0 Å². The zero-order valence-corrected chi connectivity index (χ0v) is 11.6. The number of hydrazine groups is 1. The van der Waals surface area contributed by atoms with E-state index in [1.165, 1.54) is 37.7 Å². The fourth-order valence-electron chi connectivity index (χ4n) is 4.19. The number of hydrogen-bond acceptors (Lipinski definition) is 3. The summed E-state index contributed by atoms with van der Waals surface area (Å²) in [4.78, 5) is 4.06. The van der Waals surface area contributed by atoms with E-state index in [4.69, 9.17) is 5.84 Å². The molecule has 2 bridgehead atoms. The molecule has 4 unspecified atom stereocenters. The van der Waals surface area contributed by atoms with Crippen molar-refractivity contribution >= 4 is 0 Å². The first kappa shape index (κ1) is 13.1. The maximum Gasteiger partial charge on any atom is 0.0270 e. The minimum absolute atomic E-state index is 0.470. The summed E-state index contributed by atoms with van der Waals surface area (Å²) in [6, 6.07) is 4.67. The highest BCUT2D eigenvalue weighted by Gasteiger charge is 2.39. The summed E-state index contributed by atoms with van der Waals surface area (Å²) >= 11 is 0. The van der Waals surface area contributed by atoms with E-state index >= 15 is 0 Å². The average Bonchev–Trinajstić information content (AvgIpc) is 3.07. The molecule has 0 saturated heterocycles. The highest BCUT2D eigenvalue weighted by atomic mass is 15.2. The van der Waals surface area contributed by atoms with Gasteiger partial charge in [0, 0.05) is 18.4 Å². The maximum atomic E-state index is 5.75. The molecule has 0 aliphatic heterocycles. The predicted molar refractivity (Wildman–Crippen MR) is 77.2 cm³/mol. The fraction of sp³-hybridized carbons (Fsp3) is 0.688. The molecule has 2 fully saturated rings. The van der Waals surface area contributed by atoms with Gasteiger partial charge in [0.1, 0.15) is 0 Å². The molecule has 19 heavy (non-hydrogen) atoms. The molecule has 3 N–H and O–H groups in total. The summed E-state index contributed by atoms with van der Waals surface area (Å²) in [6.45, 7) is 0. The minimum atomic E-state index is 0.470. The second-order valence-electron chi connectivity index (χ2n) is 6.43. The summed E-state index contributed by atoms with van der Waals surface area (Å²) in [6.07, 6.45) is 13.1. The highest BCUT2D eigenvalue weighted by Crippen LogP contribution is 2.49. The normalized spacial score (nSPS) is 30.7. The second-order valence-corrected chi connectivity index (χ2v) is 6.43. The van der Waals surface area contributed by atoms with Crippen LogP contribution in [0.15, 0.2) is 24.5 Å². The van der Waals surface area contributed by atoms with E-state index in [9.17, 15) is 0 Å². The molecule has 4 atom stereocenters. The number of nitrogens with two attached hydrogens (primary N) is 1. The van der Waals surface area contributed by atoms with Gasteiger partial charge in [0.15, 0.2) is 0 Å². The summed E-state index contributed by atoms with van der Waals surface area (Å²) in [5.41, 5.74) is 4.41. The van der Waals surface area contributed by atoms with Crippen LogP contribution < -0.4 is 11.3 Å². The van der Waals surface area contributed by atoms with E-state index in [2.05, 4.69) is 22.5 Å². The number of fused-ring (bicyclic) bond motifs is 2. The van der Waals surface area contributed by atoms with Crippen LogP contribution in [0.5, 0.6) is 0 Å². The number of hydrogen-bond donors (Lipinski definition) is 2. The van der Waals surface area contributed by atoms with E-state index < -0.39 is 0 Å². The molecule has 2 aliphatic rings. The molecule has 3 heteroatoms. The monoisotopic (exact) mass is 259 g/mol. The number of aromatic nitrogens is 1. The van der Waals surface area contributed by atoms with Crippen molar-refractivity contribution in [2.75, 3.05) is 0 Å². The number of aryl methyl sites for hydroxylation is 1. The number of nitrogens with zero attached hydrogens (tertiary/aromatic N) is 1. The van der Waals surface area contributed by atoms with Gasteiger partial charge in [-0.25, -0.2) is 0 Å². The van der Waals surface area contributed by atoms with Gasteiger partial charge in [-0.15, -0.1) is 0 Å². The zero-order valence-electron chi connectivity index (χ0n) is 11.6. The van der Waals surface area contributed by atoms with E-state index in [0.29, 0.717) is 6.04 Å². The molecule has 2 aliphatic carbocycles. The van der Waals surface area contributed by atoms with Gasteiger partial charge in [0.05, 0.1) is 0 Å². The zero-order chi connectivity index (χ0) is 13.1. The first-order chi connectivity index (χ1) is 9.35. The molecular formula is C16H25N3. The van der Waals surface area contributed by atoms with Crippen molar-refractivity contribution in [1.29, 1.82) is 0 Å². The molecule has 3 rings (SSSR count). The van der Waals surface area contributed by atoms with Crippen molar-refractivity contribution in [3.05, 3.63) is 30.1 Å². The topological polar surface area (TPSA) is 50.9 Å². The Labute approximate surface area is 116 Å². The van der Waals surface area contributed by atoms with Crippen molar-refractivity contribution in [2.24, 2.45) is 23.6 Å². The Morgan fingerprint density at radius 2 is 2.11 bits per heavy atom. The van der Waals surface area contributed by atoms with Gasteiger partial charge >= 0.3 is 0 Å². The molecule has 104 valence electrons. The lowest BCUT2D eigenvalue weighted by atomic mass is 9.83. The fourth-order valence-corrected chi connectivity index (χ4v) is 4.19. The van der Waals surface area contributed by atoms with Gasteiger partial charge in [-0.1, -0.05) is 6.42 Å². The lowest BCUT2D eigenvalue weighted by molar-refractivity contribution is 0.272. The van der Waals surface area contributed by atoms with Crippen LogP contribution in [-0.2, 0) is 6.42 Å². The smallest absolute Gasteiger partial charge is 0.0270 e. The Hall–Kier alpha value is -0.930. The lowest BCUT2D eigenvalue weighted by Gasteiger charge is -2.26. The second kappa shape index (κ2) is 6.02. The molecule has 0 aromatic carbocycles. The Balaban J connectivity index is 1.48. The lowest BCUT2D eigenvalue weighted by Crippen LogP contribution is -2.37. The SMILES string of the molecule is NNC(CCc1ccncc1)CC1CC2CCC1C2. The van der Waals surface area contributed by atoms with Crippen LogP contribution in [0.4, 0.5) is 0 Å². The molecule has 0 spiro atoms. The van der Waals surface area contributed by atoms with Gasteiger partial charge in [-0.05, 0) is 74.0 Å².